The summed E-state index contributed by atoms with van der Waals surface area (Å²) in [7, 11) is 0. The van der Waals surface area contributed by atoms with Crippen LogP contribution in [0.5, 0.6) is 0 Å². The van der Waals surface area contributed by atoms with E-state index < -0.39 is 35.5 Å². The lowest BCUT2D eigenvalue weighted by Crippen LogP contribution is -2.47. The zero-order valence-electron chi connectivity index (χ0n) is 23.2. The lowest BCUT2D eigenvalue weighted by atomic mass is 10.2. The molecule has 0 aromatic rings. The van der Waals surface area contributed by atoms with Gasteiger partial charge in [0.25, 0.3) is 0 Å². The average Bonchev–Trinajstić information content (AvgIpc) is 2.68. The number of hydrogen-bond donors (Lipinski definition) is 4. The molecule has 2 atom stereocenters. The molecule has 0 saturated heterocycles. The van der Waals surface area contributed by atoms with E-state index in [1.807, 2.05) is 0 Å². The zero-order chi connectivity index (χ0) is 28.1. The molecule has 12 nitrogen and oxygen atoms in total. The van der Waals surface area contributed by atoms with Crippen molar-refractivity contribution in [1.29, 1.82) is 0 Å². The van der Waals surface area contributed by atoms with E-state index in [4.69, 9.17) is 9.47 Å². The van der Waals surface area contributed by atoms with Crippen LogP contribution in [0, 0.1) is 0 Å². The van der Waals surface area contributed by atoms with Crippen molar-refractivity contribution in [1.82, 2.24) is 26.2 Å². The summed E-state index contributed by atoms with van der Waals surface area (Å²) in [4.78, 5) is 61.4. The maximum atomic E-state index is 12.2. The maximum absolute atomic E-state index is 12.2. The van der Waals surface area contributed by atoms with Gasteiger partial charge in [-0.15, -0.1) is 0 Å². The Kier molecular flexibility index (Phi) is 13.9. The van der Waals surface area contributed by atoms with Crippen LogP contribution in [0.4, 0.5) is 9.59 Å². The van der Waals surface area contributed by atoms with E-state index in [-0.39, 0.29) is 17.7 Å². The van der Waals surface area contributed by atoms with Gasteiger partial charge in [0.15, 0.2) is 0 Å². The number of alkyl carbamates (subject to hydrolysis) is 2. The highest BCUT2D eigenvalue weighted by molar-refractivity contribution is 5.85. The Labute approximate surface area is 214 Å². The molecule has 0 aliphatic heterocycles. The van der Waals surface area contributed by atoms with Crippen LogP contribution in [-0.2, 0) is 23.9 Å². The summed E-state index contributed by atoms with van der Waals surface area (Å²) >= 11 is 0. The molecule has 0 saturated carbocycles. The number of amides is 5. The number of rotatable bonds is 12. The monoisotopic (exact) mass is 515 g/mol. The van der Waals surface area contributed by atoms with Gasteiger partial charge in [-0.1, -0.05) is 0 Å². The highest BCUT2D eigenvalue weighted by Gasteiger charge is 2.22. The summed E-state index contributed by atoms with van der Waals surface area (Å²) < 4.78 is 10.3. The smallest absolute Gasteiger partial charge is 0.408 e. The number of carbonyl (C=O) groups is 5. The first-order valence-corrected chi connectivity index (χ1v) is 12.2. The van der Waals surface area contributed by atoms with Crippen molar-refractivity contribution in [3.63, 3.8) is 0 Å². The van der Waals surface area contributed by atoms with Crippen molar-refractivity contribution >= 4 is 29.9 Å². The molecule has 0 bridgehead atoms. The van der Waals surface area contributed by atoms with Crippen molar-refractivity contribution in [2.24, 2.45) is 0 Å². The van der Waals surface area contributed by atoms with Crippen LogP contribution in [0.1, 0.15) is 75.2 Å². The fourth-order valence-electron chi connectivity index (χ4n) is 2.80. The largest absolute Gasteiger partial charge is 0.444 e. The third kappa shape index (κ3) is 16.6. The molecular formula is C24H45N5O7. The van der Waals surface area contributed by atoms with Crippen molar-refractivity contribution in [2.75, 3.05) is 26.2 Å². The van der Waals surface area contributed by atoms with E-state index in [1.165, 1.54) is 6.92 Å². The normalized spacial score (nSPS) is 13.0. The molecule has 208 valence electrons. The molecule has 0 heterocycles. The molecular weight excluding hydrogens is 470 g/mol. The molecule has 0 rings (SSSR count). The van der Waals surface area contributed by atoms with Gasteiger partial charge in [-0.05, 0) is 68.2 Å². The van der Waals surface area contributed by atoms with E-state index in [9.17, 15) is 24.0 Å². The number of nitrogens with one attached hydrogen (secondary N) is 4. The first kappa shape index (κ1) is 33.0. The van der Waals surface area contributed by atoms with E-state index in [1.54, 1.807) is 60.3 Å². The number of ether oxygens (including phenoxy) is 2. The molecule has 4 N–H and O–H groups in total. The van der Waals surface area contributed by atoms with Crippen LogP contribution < -0.4 is 21.3 Å². The summed E-state index contributed by atoms with van der Waals surface area (Å²) in [5.74, 6) is -0.827. The van der Waals surface area contributed by atoms with Crippen LogP contribution >= 0.6 is 0 Å². The summed E-state index contributed by atoms with van der Waals surface area (Å²) in [6.07, 6.45) is -0.300. The minimum Gasteiger partial charge on any atom is -0.444 e. The number of carbonyl (C=O) groups excluding carboxylic acids is 5. The average molecular weight is 516 g/mol. The molecule has 0 aliphatic carbocycles. The topological polar surface area (TPSA) is 155 Å². The van der Waals surface area contributed by atoms with Crippen LogP contribution in [-0.4, -0.2) is 84.3 Å². The fraction of sp³-hybridized carbons (Fsp3) is 0.792. The Hall–Kier alpha value is -3.05. The Morgan fingerprint density at radius 2 is 1.03 bits per heavy atom. The van der Waals surface area contributed by atoms with Gasteiger partial charge in [0, 0.05) is 33.1 Å². The molecule has 0 spiro atoms. The van der Waals surface area contributed by atoms with E-state index in [2.05, 4.69) is 21.3 Å². The fourth-order valence-corrected chi connectivity index (χ4v) is 2.80. The van der Waals surface area contributed by atoms with Gasteiger partial charge in [0.2, 0.25) is 17.7 Å². The summed E-state index contributed by atoms with van der Waals surface area (Å²) in [5, 5.41) is 10.4. The Morgan fingerprint density at radius 3 is 1.31 bits per heavy atom. The van der Waals surface area contributed by atoms with Gasteiger partial charge < -0.3 is 35.6 Å². The highest BCUT2D eigenvalue weighted by Crippen LogP contribution is 2.07. The predicted octanol–water partition coefficient (Wildman–Crippen LogP) is 1.67. The molecule has 5 amide bonds. The maximum Gasteiger partial charge on any atom is 0.408 e. The molecule has 36 heavy (non-hydrogen) atoms. The standard InChI is InChI=1S/C24H45N5O7/c1-16(27-21(33)35-23(4,5)6)19(31)25-12-10-14-29(18(3)30)15-11-13-26-20(32)17(2)28-22(34)36-24(7,8)9/h16-17H,10-15H2,1-9H3,(H,25,31)(H,26,32)(H,27,33)(H,28,34)/t16-,17-/m0/s1. The highest BCUT2D eigenvalue weighted by atomic mass is 16.6. The van der Waals surface area contributed by atoms with Gasteiger partial charge in [-0.2, -0.15) is 0 Å². The van der Waals surface area contributed by atoms with E-state index in [0.717, 1.165) is 0 Å². The minimum absolute atomic E-state index is 0.118. The summed E-state index contributed by atoms with van der Waals surface area (Å²) in [5.41, 5.74) is -1.32. The molecule has 0 aliphatic rings. The second-order valence-corrected chi connectivity index (χ2v) is 10.5. The number of hydrogen-bond acceptors (Lipinski definition) is 7. The van der Waals surface area contributed by atoms with Crippen molar-refractivity contribution in [2.45, 2.75) is 98.4 Å². The molecule has 0 aromatic heterocycles. The third-order valence-corrected chi connectivity index (χ3v) is 4.51. The van der Waals surface area contributed by atoms with E-state index in [0.29, 0.717) is 39.0 Å². The van der Waals surface area contributed by atoms with Crippen molar-refractivity contribution in [3.05, 3.63) is 0 Å². The van der Waals surface area contributed by atoms with Crippen LogP contribution in [0.25, 0.3) is 0 Å². The van der Waals surface area contributed by atoms with Crippen molar-refractivity contribution in [3.8, 4) is 0 Å². The van der Waals surface area contributed by atoms with Crippen LogP contribution in [0.15, 0.2) is 0 Å². The van der Waals surface area contributed by atoms with Gasteiger partial charge in [0.1, 0.15) is 23.3 Å². The van der Waals surface area contributed by atoms with Gasteiger partial charge in [-0.25, -0.2) is 9.59 Å². The van der Waals surface area contributed by atoms with E-state index >= 15 is 0 Å². The molecule has 0 fully saturated rings. The van der Waals surface area contributed by atoms with Gasteiger partial charge in [-0.3, -0.25) is 14.4 Å². The van der Waals surface area contributed by atoms with Crippen LogP contribution in [0.2, 0.25) is 0 Å². The SMILES string of the molecule is CC(=O)N(CCCNC(=O)[C@H](C)NC(=O)OC(C)(C)C)CCCNC(=O)[C@H](C)NC(=O)OC(C)(C)C. The molecule has 12 heteroatoms. The quantitative estimate of drug-likeness (QED) is 0.288. The first-order valence-electron chi connectivity index (χ1n) is 12.2. The Balaban J connectivity index is 4.26. The van der Waals surface area contributed by atoms with Gasteiger partial charge >= 0.3 is 12.2 Å². The first-order chi connectivity index (χ1) is 16.4. The summed E-state index contributed by atoms with van der Waals surface area (Å²) in [6.45, 7) is 16.5. The Morgan fingerprint density at radius 1 is 0.694 bits per heavy atom. The Bertz CT molecular complexity index is 703. The van der Waals surface area contributed by atoms with Crippen LogP contribution in [0.3, 0.4) is 0 Å². The molecule has 0 unspecified atom stereocenters. The lowest BCUT2D eigenvalue weighted by molar-refractivity contribution is -0.128. The predicted molar refractivity (Wildman–Crippen MR) is 135 cm³/mol. The van der Waals surface area contributed by atoms with Crippen molar-refractivity contribution < 1.29 is 33.4 Å². The minimum atomic E-state index is -0.764. The van der Waals surface area contributed by atoms with Gasteiger partial charge in [0.05, 0.1) is 0 Å². The molecule has 0 radical (unpaired) electrons. The lowest BCUT2D eigenvalue weighted by Gasteiger charge is -2.23. The zero-order valence-corrected chi connectivity index (χ0v) is 23.2. The second-order valence-electron chi connectivity index (χ2n) is 10.5. The molecule has 0 aromatic carbocycles. The third-order valence-electron chi connectivity index (χ3n) is 4.51. The second kappa shape index (κ2) is 15.1. The summed E-state index contributed by atoms with van der Waals surface area (Å²) in [6, 6.07) is -1.53. The number of nitrogens with zero attached hydrogens (tertiary/aromatic N) is 1.